The number of hydrogen-bond donors (Lipinski definition) is 2. The first-order valence-corrected chi connectivity index (χ1v) is 4.11. The van der Waals surface area contributed by atoms with E-state index in [2.05, 4.69) is 0 Å². The monoisotopic (exact) mass is 180 g/mol. The van der Waals surface area contributed by atoms with E-state index in [0.717, 1.165) is 5.52 Å². The van der Waals surface area contributed by atoms with Crippen molar-refractivity contribution in [3.05, 3.63) is 18.3 Å². The van der Waals surface area contributed by atoms with Gasteiger partial charge >= 0.3 is 0 Å². The van der Waals surface area contributed by atoms with E-state index in [1.54, 1.807) is 21.6 Å². The molecule has 13 heavy (non-hydrogen) atoms. The third-order valence-electron chi connectivity index (χ3n) is 1.89. The molecule has 0 amide bonds. The van der Waals surface area contributed by atoms with Crippen LogP contribution in [-0.4, -0.2) is 16.0 Å². The zero-order chi connectivity index (χ0) is 9.42. The van der Waals surface area contributed by atoms with E-state index in [1.165, 1.54) is 0 Å². The van der Waals surface area contributed by atoms with Crippen LogP contribution in [0.15, 0.2) is 18.3 Å². The Morgan fingerprint density at radius 3 is 2.92 bits per heavy atom. The third-order valence-corrected chi connectivity index (χ3v) is 1.89. The van der Waals surface area contributed by atoms with Gasteiger partial charge in [-0.3, -0.25) is 0 Å². The van der Waals surface area contributed by atoms with Crippen molar-refractivity contribution in [1.82, 2.24) is 9.36 Å². The van der Waals surface area contributed by atoms with Crippen molar-refractivity contribution in [1.29, 1.82) is 0 Å². The van der Waals surface area contributed by atoms with Crippen LogP contribution in [0.4, 0.5) is 11.5 Å². The molecule has 2 rings (SSSR count). The Hall–Kier alpha value is -1.78. The van der Waals surface area contributed by atoms with Gasteiger partial charge in [-0.05, 0) is 13.0 Å². The number of nitrogen functional groups attached to an aromatic ring is 2. The summed E-state index contributed by atoms with van der Waals surface area (Å²) in [6.07, 6.45) is 1.78. The molecule has 0 fully saturated rings. The maximum atomic E-state index is 5.73. The van der Waals surface area contributed by atoms with Gasteiger partial charge in [-0.1, -0.05) is 0 Å². The minimum atomic E-state index is 0.575. The number of anilines is 2. The lowest BCUT2D eigenvalue weighted by atomic mass is 10.4. The van der Waals surface area contributed by atoms with Crippen molar-refractivity contribution >= 4 is 17.0 Å². The first-order chi connectivity index (χ1) is 6.24. The van der Waals surface area contributed by atoms with Gasteiger partial charge in [0.2, 0.25) is 0 Å². The van der Waals surface area contributed by atoms with E-state index in [-0.39, 0.29) is 0 Å². The molecule has 0 unspecified atom stereocenters. The van der Waals surface area contributed by atoms with Crippen LogP contribution in [0, 0.1) is 0 Å². The molecule has 0 bridgehead atoms. The Kier molecular flexibility index (Phi) is 1.58. The van der Waals surface area contributed by atoms with E-state index in [4.69, 9.17) is 16.3 Å². The summed E-state index contributed by atoms with van der Waals surface area (Å²) in [5.74, 6) is 0.575. The molecule has 2 aromatic rings. The van der Waals surface area contributed by atoms with Gasteiger partial charge in [-0.2, -0.15) is 0 Å². The molecular weight excluding hydrogens is 168 g/mol. The first-order valence-electron chi connectivity index (χ1n) is 4.11. The minimum absolute atomic E-state index is 0.575. The van der Waals surface area contributed by atoms with E-state index in [9.17, 15) is 0 Å². The van der Waals surface area contributed by atoms with Gasteiger partial charge in [-0.25, -0.2) is 4.52 Å². The summed E-state index contributed by atoms with van der Waals surface area (Å²) in [6, 6.07) is 3.58. The first kappa shape index (κ1) is 7.85. The Labute approximate surface area is 75.4 Å². The second-order valence-electron chi connectivity index (χ2n) is 2.76. The molecule has 0 aliphatic carbocycles. The summed E-state index contributed by atoms with van der Waals surface area (Å²) < 4.78 is 1.72. The number of aromatic nitrogens is 2. The van der Waals surface area contributed by atoms with Crippen LogP contribution in [0.1, 0.15) is 6.92 Å². The van der Waals surface area contributed by atoms with Crippen molar-refractivity contribution in [2.45, 2.75) is 6.92 Å². The summed E-state index contributed by atoms with van der Waals surface area (Å²) in [6.45, 7) is 2.50. The number of nitrogens with zero attached hydrogens (tertiary/aromatic N) is 2. The van der Waals surface area contributed by atoms with Crippen molar-refractivity contribution in [3.8, 4) is 0 Å². The van der Waals surface area contributed by atoms with Crippen LogP contribution < -0.4 is 16.3 Å². The molecule has 0 radical (unpaired) electrons. The molecule has 0 atom stereocenters. The van der Waals surface area contributed by atoms with E-state index < -0.39 is 0 Å². The Morgan fingerprint density at radius 1 is 1.46 bits per heavy atom. The van der Waals surface area contributed by atoms with Gasteiger partial charge in [-0.15, -0.1) is 4.85 Å². The van der Waals surface area contributed by atoms with Gasteiger partial charge < -0.3 is 16.3 Å². The molecular formula is C8H12N4O. The lowest BCUT2D eigenvalue weighted by Crippen LogP contribution is -2.15. The molecule has 0 aromatic carbocycles. The maximum Gasteiger partial charge on any atom is 0.129 e. The maximum absolute atomic E-state index is 5.73. The fourth-order valence-electron chi connectivity index (χ4n) is 1.38. The quantitative estimate of drug-likeness (QED) is 0.700. The lowest BCUT2D eigenvalue weighted by molar-refractivity contribution is 0.0854. The highest BCUT2D eigenvalue weighted by molar-refractivity contribution is 5.75. The normalized spacial score (nSPS) is 10.8. The molecule has 0 saturated heterocycles. The van der Waals surface area contributed by atoms with Crippen LogP contribution in [0.2, 0.25) is 0 Å². The fraction of sp³-hybridized carbons (Fsp3) is 0.250. The molecule has 0 aliphatic rings. The molecule has 2 heterocycles. The van der Waals surface area contributed by atoms with Crippen LogP contribution in [-0.2, 0) is 0 Å². The standard InChI is InChI=1S/C8H12N4O/c1-2-13-11-4-3-7-6(9)5-8(10)12(7)11/h3-5H,2,9-10H2,1H3. The summed E-state index contributed by atoms with van der Waals surface area (Å²) in [4.78, 5) is 6.87. The van der Waals surface area contributed by atoms with Crippen molar-refractivity contribution in [2.24, 2.45) is 0 Å². The molecule has 0 spiro atoms. The summed E-state index contributed by atoms with van der Waals surface area (Å²) >= 11 is 0. The van der Waals surface area contributed by atoms with Crippen LogP contribution in [0.25, 0.3) is 5.52 Å². The number of hydrogen-bond acceptors (Lipinski definition) is 3. The molecule has 5 nitrogen and oxygen atoms in total. The van der Waals surface area contributed by atoms with Crippen LogP contribution >= 0.6 is 0 Å². The highest BCUT2D eigenvalue weighted by atomic mass is 16.7. The van der Waals surface area contributed by atoms with Gasteiger partial charge in [0.25, 0.3) is 0 Å². The Bertz CT molecular complexity index is 428. The topological polar surface area (TPSA) is 70.6 Å². The van der Waals surface area contributed by atoms with Gasteiger partial charge in [0.15, 0.2) is 0 Å². The third kappa shape index (κ3) is 1.00. The predicted octanol–water partition coefficient (Wildman–Crippen LogP) is 0.354. The van der Waals surface area contributed by atoms with Crippen molar-refractivity contribution in [3.63, 3.8) is 0 Å². The van der Waals surface area contributed by atoms with Crippen molar-refractivity contribution in [2.75, 3.05) is 18.1 Å². The van der Waals surface area contributed by atoms with Crippen LogP contribution in [0.5, 0.6) is 0 Å². The van der Waals surface area contributed by atoms with E-state index in [0.29, 0.717) is 18.1 Å². The molecule has 0 saturated carbocycles. The Morgan fingerprint density at radius 2 is 2.23 bits per heavy atom. The molecule has 2 aromatic heterocycles. The van der Waals surface area contributed by atoms with Gasteiger partial charge in [0, 0.05) is 6.07 Å². The van der Waals surface area contributed by atoms with E-state index >= 15 is 0 Å². The highest BCUT2D eigenvalue weighted by Crippen LogP contribution is 2.20. The zero-order valence-electron chi connectivity index (χ0n) is 7.40. The minimum Gasteiger partial charge on any atom is -0.398 e. The van der Waals surface area contributed by atoms with Gasteiger partial charge in [0.05, 0.1) is 17.4 Å². The number of rotatable bonds is 2. The zero-order valence-corrected chi connectivity index (χ0v) is 7.40. The second-order valence-corrected chi connectivity index (χ2v) is 2.76. The summed E-state index contributed by atoms with van der Waals surface area (Å²) in [7, 11) is 0. The average Bonchev–Trinajstić information content (AvgIpc) is 2.58. The largest absolute Gasteiger partial charge is 0.398 e. The number of fused-ring (bicyclic) bond motifs is 1. The summed E-state index contributed by atoms with van der Waals surface area (Å²) in [5.41, 5.74) is 13.0. The smallest absolute Gasteiger partial charge is 0.129 e. The van der Waals surface area contributed by atoms with Crippen molar-refractivity contribution < 1.29 is 4.84 Å². The lowest BCUT2D eigenvalue weighted by Gasteiger charge is -2.05. The highest BCUT2D eigenvalue weighted by Gasteiger charge is 2.07. The Balaban J connectivity index is 2.64. The SMILES string of the molecule is CCOn1ccc2c(N)cc(N)n21. The molecule has 4 N–H and O–H groups in total. The molecule has 70 valence electrons. The number of nitrogens with two attached hydrogens (primary N) is 2. The van der Waals surface area contributed by atoms with Gasteiger partial charge in [0.1, 0.15) is 12.4 Å². The van der Waals surface area contributed by atoms with Crippen LogP contribution in [0.3, 0.4) is 0 Å². The summed E-state index contributed by atoms with van der Waals surface area (Å²) in [5, 5.41) is 0. The average molecular weight is 180 g/mol. The van der Waals surface area contributed by atoms with E-state index in [1.807, 2.05) is 13.0 Å². The fourth-order valence-corrected chi connectivity index (χ4v) is 1.38. The predicted molar refractivity (Wildman–Crippen MR) is 51.3 cm³/mol. The molecule has 5 heteroatoms. The molecule has 0 aliphatic heterocycles. The second kappa shape index (κ2) is 2.62.